The van der Waals surface area contributed by atoms with Gasteiger partial charge in [0.15, 0.2) is 5.78 Å². The van der Waals surface area contributed by atoms with Gasteiger partial charge in [0.05, 0.1) is 0 Å². The molecule has 0 aliphatic carbocycles. The number of anilines is 1. The third kappa shape index (κ3) is 2.82. The van der Waals surface area contributed by atoms with Crippen molar-refractivity contribution in [1.82, 2.24) is 0 Å². The second kappa shape index (κ2) is 5.68. The predicted molar refractivity (Wildman–Crippen MR) is 82.4 cm³/mol. The molecule has 0 unspecified atom stereocenters. The van der Waals surface area contributed by atoms with Crippen molar-refractivity contribution >= 4 is 11.5 Å². The third-order valence-electron chi connectivity index (χ3n) is 4.09. The standard InChI is InChI=1S/C18H18FNO/c1-13-4-2-3-5-16(13)18(21)9-11-20-10-8-14-6-7-15(19)12-17(14)20/h2-7,12H,8-11H2,1H3. The fraction of sp³-hybridized carbons (Fsp3) is 0.278. The van der Waals surface area contributed by atoms with Crippen LogP contribution in [0.2, 0.25) is 0 Å². The smallest absolute Gasteiger partial charge is 0.164 e. The quantitative estimate of drug-likeness (QED) is 0.796. The Labute approximate surface area is 124 Å². The van der Waals surface area contributed by atoms with E-state index in [0.717, 1.165) is 29.8 Å². The van der Waals surface area contributed by atoms with Crippen LogP contribution in [0.3, 0.4) is 0 Å². The van der Waals surface area contributed by atoms with Gasteiger partial charge in [-0.05, 0) is 36.6 Å². The second-order valence-electron chi connectivity index (χ2n) is 5.50. The Morgan fingerprint density at radius 1 is 1.24 bits per heavy atom. The Kier molecular flexibility index (Phi) is 3.74. The normalized spacial score (nSPS) is 13.3. The van der Waals surface area contributed by atoms with Crippen molar-refractivity contribution in [1.29, 1.82) is 0 Å². The minimum atomic E-state index is -0.217. The van der Waals surface area contributed by atoms with Crippen molar-refractivity contribution in [2.24, 2.45) is 0 Å². The molecule has 2 nitrogen and oxygen atoms in total. The van der Waals surface area contributed by atoms with Gasteiger partial charge in [0.25, 0.3) is 0 Å². The minimum absolute atomic E-state index is 0.151. The van der Waals surface area contributed by atoms with Crippen molar-refractivity contribution in [2.45, 2.75) is 19.8 Å². The maximum atomic E-state index is 13.4. The summed E-state index contributed by atoms with van der Waals surface area (Å²) in [4.78, 5) is 14.4. The van der Waals surface area contributed by atoms with Gasteiger partial charge in [0.1, 0.15) is 5.82 Å². The lowest BCUT2D eigenvalue weighted by Crippen LogP contribution is -2.24. The lowest BCUT2D eigenvalue weighted by atomic mass is 10.0. The number of aryl methyl sites for hydroxylation is 1. The Bertz CT molecular complexity index is 681. The van der Waals surface area contributed by atoms with Gasteiger partial charge >= 0.3 is 0 Å². The molecule has 0 N–H and O–H groups in total. The molecule has 0 atom stereocenters. The summed E-state index contributed by atoms with van der Waals surface area (Å²) in [6.45, 7) is 3.46. The number of halogens is 1. The number of fused-ring (bicyclic) bond motifs is 1. The van der Waals surface area contributed by atoms with Crippen LogP contribution >= 0.6 is 0 Å². The van der Waals surface area contributed by atoms with Crippen molar-refractivity contribution < 1.29 is 9.18 Å². The van der Waals surface area contributed by atoms with Gasteiger partial charge in [-0.1, -0.05) is 30.3 Å². The fourth-order valence-corrected chi connectivity index (χ4v) is 2.91. The molecular formula is C18H18FNO. The van der Waals surface area contributed by atoms with E-state index < -0.39 is 0 Å². The van der Waals surface area contributed by atoms with Crippen LogP contribution in [0.25, 0.3) is 0 Å². The average molecular weight is 283 g/mol. The number of carbonyl (C=O) groups is 1. The van der Waals surface area contributed by atoms with Crippen LogP contribution in [-0.2, 0) is 6.42 Å². The predicted octanol–water partition coefficient (Wildman–Crippen LogP) is 3.77. The van der Waals surface area contributed by atoms with Crippen LogP contribution in [-0.4, -0.2) is 18.9 Å². The highest BCUT2D eigenvalue weighted by Gasteiger charge is 2.20. The summed E-state index contributed by atoms with van der Waals surface area (Å²) < 4.78 is 13.4. The molecule has 0 radical (unpaired) electrons. The van der Waals surface area contributed by atoms with Crippen LogP contribution in [0.15, 0.2) is 42.5 Å². The summed E-state index contributed by atoms with van der Waals surface area (Å²) in [6.07, 6.45) is 1.38. The number of nitrogens with zero attached hydrogens (tertiary/aromatic N) is 1. The lowest BCUT2D eigenvalue weighted by Gasteiger charge is -2.19. The van der Waals surface area contributed by atoms with E-state index in [0.29, 0.717) is 13.0 Å². The van der Waals surface area contributed by atoms with E-state index in [1.807, 2.05) is 37.3 Å². The van der Waals surface area contributed by atoms with Crippen LogP contribution in [0.1, 0.15) is 27.9 Å². The zero-order valence-electron chi connectivity index (χ0n) is 12.1. The first-order chi connectivity index (χ1) is 10.1. The van der Waals surface area contributed by atoms with E-state index in [1.54, 1.807) is 6.07 Å². The van der Waals surface area contributed by atoms with Gasteiger partial charge in [-0.3, -0.25) is 4.79 Å². The molecule has 0 saturated carbocycles. The molecule has 0 amide bonds. The van der Waals surface area contributed by atoms with Crippen molar-refractivity contribution in [3.05, 3.63) is 65.0 Å². The Morgan fingerprint density at radius 3 is 2.86 bits per heavy atom. The topological polar surface area (TPSA) is 20.3 Å². The molecule has 0 spiro atoms. The van der Waals surface area contributed by atoms with E-state index in [1.165, 1.54) is 11.6 Å². The van der Waals surface area contributed by atoms with E-state index in [-0.39, 0.29) is 11.6 Å². The summed E-state index contributed by atoms with van der Waals surface area (Å²) in [7, 11) is 0. The number of Topliss-reactive ketones (excluding diaryl/α,β-unsaturated/α-hetero) is 1. The molecule has 3 rings (SSSR count). The fourth-order valence-electron chi connectivity index (χ4n) is 2.91. The van der Waals surface area contributed by atoms with Crippen molar-refractivity contribution in [3.63, 3.8) is 0 Å². The summed E-state index contributed by atoms with van der Waals surface area (Å²) in [6, 6.07) is 12.6. The third-order valence-corrected chi connectivity index (χ3v) is 4.09. The zero-order valence-corrected chi connectivity index (χ0v) is 12.1. The first-order valence-corrected chi connectivity index (χ1v) is 7.27. The van der Waals surface area contributed by atoms with Gasteiger partial charge < -0.3 is 4.90 Å². The molecule has 21 heavy (non-hydrogen) atoms. The zero-order chi connectivity index (χ0) is 14.8. The summed E-state index contributed by atoms with van der Waals surface area (Å²) in [5.41, 5.74) is 3.90. The molecule has 1 heterocycles. The molecule has 0 fully saturated rings. The largest absolute Gasteiger partial charge is 0.370 e. The number of hydrogen-bond acceptors (Lipinski definition) is 2. The van der Waals surface area contributed by atoms with Crippen molar-refractivity contribution in [3.8, 4) is 0 Å². The summed E-state index contributed by atoms with van der Waals surface area (Å²) >= 11 is 0. The average Bonchev–Trinajstić information content (AvgIpc) is 2.87. The van der Waals surface area contributed by atoms with E-state index in [9.17, 15) is 9.18 Å². The summed E-state index contributed by atoms with van der Waals surface area (Å²) in [5.74, 6) is -0.0659. The highest BCUT2D eigenvalue weighted by Crippen LogP contribution is 2.28. The van der Waals surface area contributed by atoms with E-state index >= 15 is 0 Å². The Balaban J connectivity index is 1.69. The van der Waals surface area contributed by atoms with Crippen LogP contribution in [0.5, 0.6) is 0 Å². The monoisotopic (exact) mass is 283 g/mol. The lowest BCUT2D eigenvalue weighted by molar-refractivity contribution is 0.0984. The van der Waals surface area contributed by atoms with Crippen LogP contribution in [0.4, 0.5) is 10.1 Å². The maximum absolute atomic E-state index is 13.4. The molecule has 0 bridgehead atoms. The SMILES string of the molecule is Cc1ccccc1C(=O)CCN1CCc2ccc(F)cc21. The van der Waals surface area contributed by atoms with Crippen molar-refractivity contribution in [2.75, 3.05) is 18.0 Å². The first kappa shape index (κ1) is 13.8. The number of rotatable bonds is 4. The Morgan fingerprint density at radius 2 is 2.05 bits per heavy atom. The highest BCUT2D eigenvalue weighted by atomic mass is 19.1. The maximum Gasteiger partial charge on any atom is 0.164 e. The number of benzene rings is 2. The van der Waals surface area contributed by atoms with E-state index in [4.69, 9.17) is 0 Å². The highest BCUT2D eigenvalue weighted by molar-refractivity contribution is 5.97. The minimum Gasteiger partial charge on any atom is -0.370 e. The van der Waals surface area contributed by atoms with Crippen LogP contribution in [0, 0.1) is 12.7 Å². The number of hydrogen-bond donors (Lipinski definition) is 0. The molecule has 2 aromatic carbocycles. The molecule has 1 aliphatic heterocycles. The first-order valence-electron chi connectivity index (χ1n) is 7.27. The van der Waals surface area contributed by atoms with Gasteiger partial charge in [0, 0.05) is 30.8 Å². The van der Waals surface area contributed by atoms with Crippen LogP contribution < -0.4 is 4.90 Å². The Hall–Kier alpha value is -2.16. The van der Waals surface area contributed by atoms with Gasteiger partial charge in [-0.25, -0.2) is 4.39 Å². The van der Waals surface area contributed by atoms with Gasteiger partial charge in [-0.15, -0.1) is 0 Å². The second-order valence-corrected chi connectivity index (χ2v) is 5.50. The number of carbonyl (C=O) groups excluding carboxylic acids is 1. The molecule has 1 aliphatic rings. The number of ketones is 1. The molecule has 108 valence electrons. The molecule has 3 heteroatoms. The molecular weight excluding hydrogens is 265 g/mol. The summed E-state index contributed by atoms with van der Waals surface area (Å²) in [5, 5.41) is 0. The molecule has 2 aromatic rings. The molecule has 0 aromatic heterocycles. The van der Waals surface area contributed by atoms with Gasteiger partial charge in [-0.2, -0.15) is 0 Å². The molecule has 0 saturated heterocycles. The van der Waals surface area contributed by atoms with E-state index in [2.05, 4.69) is 4.90 Å². The van der Waals surface area contributed by atoms with Gasteiger partial charge in [0.2, 0.25) is 0 Å².